The molecule has 0 amide bonds. The molecule has 1 aromatic carbocycles. The molecule has 5 rings (SSSR count). The number of rotatable bonds is 8. The van der Waals surface area contributed by atoms with E-state index in [9.17, 15) is 9.59 Å². The van der Waals surface area contributed by atoms with Crippen LogP contribution in [0.5, 0.6) is 0 Å². The van der Waals surface area contributed by atoms with E-state index < -0.39 is 0 Å². The van der Waals surface area contributed by atoms with Crippen molar-refractivity contribution in [3.05, 3.63) is 52.9 Å². The molecule has 190 valence electrons. The smallest absolute Gasteiger partial charge is 0.196 e. The van der Waals surface area contributed by atoms with Crippen LogP contribution in [-0.4, -0.2) is 82.1 Å². The molecule has 3 aromatic rings. The number of hydrogen-bond acceptors (Lipinski definition) is 7. The van der Waals surface area contributed by atoms with Crippen molar-refractivity contribution in [1.29, 1.82) is 0 Å². The lowest BCUT2D eigenvalue weighted by atomic mass is 9.83. The van der Waals surface area contributed by atoms with Crippen LogP contribution in [0.3, 0.4) is 0 Å². The lowest BCUT2D eigenvalue weighted by Crippen LogP contribution is -2.46. The van der Waals surface area contributed by atoms with Crippen LogP contribution in [-0.2, 0) is 4.79 Å². The van der Waals surface area contributed by atoms with Crippen LogP contribution in [0.1, 0.15) is 48.0 Å². The molecule has 36 heavy (non-hydrogen) atoms. The number of aromatic nitrogens is 3. The van der Waals surface area contributed by atoms with Gasteiger partial charge in [-0.3, -0.25) is 14.5 Å². The van der Waals surface area contributed by atoms with Gasteiger partial charge in [0, 0.05) is 50.4 Å². The van der Waals surface area contributed by atoms with Gasteiger partial charge in [0.05, 0.1) is 22.5 Å². The number of carbonyl (C=O) groups excluding carboxylic acids is 2. The lowest BCUT2D eigenvalue weighted by Gasteiger charge is -2.33. The maximum absolute atomic E-state index is 13.3. The van der Waals surface area contributed by atoms with Gasteiger partial charge in [0.25, 0.3) is 0 Å². The van der Waals surface area contributed by atoms with Gasteiger partial charge in [0.2, 0.25) is 0 Å². The van der Waals surface area contributed by atoms with E-state index in [1.807, 2.05) is 0 Å². The Bertz CT molecular complexity index is 1230. The SMILES string of the molecule is CN1CCN(CC(=O)CC2CCC(Nc3ncnc4[nH]cc(C(=O)c5ccccc5Cl)c34)CC2)CC1. The summed E-state index contributed by atoms with van der Waals surface area (Å²) in [5.74, 6) is 1.31. The molecule has 0 atom stereocenters. The maximum Gasteiger partial charge on any atom is 0.196 e. The fourth-order valence-corrected chi connectivity index (χ4v) is 5.61. The molecule has 2 aromatic heterocycles. The number of fused-ring (bicyclic) bond motifs is 1. The Kier molecular flexibility index (Phi) is 7.65. The highest BCUT2D eigenvalue weighted by atomic mass is 35.5. The van der Waals surface area contributed by atoms with E-state index in [2.05, 4.69) is 37.1 Å². The highest BCUT2D eigenvalue weighted by Gasteiger charge is 2.26. The Morgan fingerprint density at radius 1 is 1.06 bits per heavy atom. The number of ketones is 2. The highest BCUT2D eigenvalue weighted by Crippen LogP contribution is 2.32. The zero-order valence-corrected chi connectivity index (χ0v) is 21.4. The second-order valence-electron chi connectivity index (χ2n) is 10.1. The van der Waals surface area contributed by atoms with Crippen LogP contribution in [0.15, 0.2) is 36.8 Å². The van der Waals surface area contributed by atoms with Crippen LogP contribution in [0, 0.1) is 5.92 Å². The van der Waals surface area contributed by atoms with E-state index in [1.165, 1.54) is 6.33 Å². The van der Waals surface area contributed by atoms with Crippen molar-refractivity contribution in [1.82, 2.24) is 24.8 Å². The number of nitrogens with one attached hydrogen (secondary N) is 2. The Morgan fingerprint density at radius 3 is 2.56 bits per heavy atom. The van der Waals surface area contributed by atoms with Crippen molar-refractivity contribution < 1.29 is 9.59 Å². The van der Waals surface area contributed by atoms with Gasteiger partial charge in [-0.25, -0.2) is 9.97 Å². The summed E-state index contributed by atoms with van der Waals surface area (Å²) in [4.78, 5) is 42.4. The molecule has 1 aliphatic carbocycles. The molecule has 2 fully saturated rings. The molecule has 2 aliphatic rings. The minimum absolute atomic E-state index is 0.160. The van der Waals surface area contributed by atoms with Crippen molar-refractivity contribution in [2.75, 3.05) is 45.1 Å². The Balaban J connectivity index is 1.20. The van der Waals surface area contributed by atoms with Crippen molar-refractivity contribution in [3.63, 3.8) is 0 Å². The number of benzene rings is 1. The van der Waals surface area contributed by atoms with Crippen LogP contribution in [0.25, 0.3) is 11.0 Å². The summed E-state index contributed by atoms with van der Waals surface area (Å²) in [6.45, 7) is 4.61. The van der Waals surface area contributed by atoms with Crippen molar-refractivity contribution in [3.8, 4) is 0 Å². The standard InChI is InChI=1S/C27H33ClN6O2/c1-33-10-12-34(13-11-33)16-20(35)14-18-6-8-19(9-7-18)32-27-24-22(15-29-26(24)30-17-31-27)25(36)21-4-2-3-5-23(21)28/h2-5,15,17-19H,6-14,16H2,1H3,(H2,29,30,31,32). The molecule has 3 heterocycles. The predicted octanol–water partition coefficient (Wildman–Crippen LogP) is 4.02. The zero-order chi connectivity index (χ0) is 25.1. The van der Waals surface area contributed by atoms with Gasteiger partial charge >= 0.3 is 0 Å². The number of hydrogen-bond donors (Lipinski definition) is 2. The van der Waals surface area contributed by atoms with Gasteiger partial charge in [-0.15, -0.1) is 0 Å². The first-order valence-corrected chi connectivity index (χ1v) is 13.2. The number of aromatic amines is 1. The number of anilines is 1. The van der Waals surface area contributed by atoms with Gasteiger partial charge in [0.1, 0.15) is 23.6 Å². The molecule has 0 radical (unpaired) electrons. The molecule has 0 spiro atoms. The topological polar surface area (TPSA) is 94.2 Å². The molecule has 1 saturated carbocycles. The summed E-state index contributed by atoms with van der Waals surface area (Å²) < 4.78 is 0. The van der Waals surface area contributed by atoms with Crippen molar-refractivity contribution in [2.45, 2.75) is 38.1 Å². The third-order valence-corrected chi connectivity index (χ3v) is 7.86. The number of H-pyrrole nitrogens is 1. The second kappa shape index (κ2) is 11.1. The highest BCUT2D eigenvalue weighted by molar-refractivity contribution is 6.35. The van der Waals surface area contributed by atoms with E-state index in [-0.39, 0.29) is 11.8 Å². The quantitative estimate of drug-likeness (QED) is 0.444. The monoisotopic (exact) mass is 508 g/mol. The van der Waals surface area contributed by atoms with E-state index in [4.69, 9.17) is 11.6 Å². The largest absolute Gasteiger partial charge is 0.367 e. The van der Waals surface area contributed by atoms with Crippen molar-refractivity contribution >= 4 is 40.0 Å². The molecule has 9 heteroatoms. The normalized spacial score (nSPS) is 21.5. The Hall–Kier alpha value is -2.81. The molecular weight excluding hydrogens is 476 g/mol. The number of Topliss-reactive ketones (excluding diaryl/α,β-unsaturated/α-hetero) is 1. The van der Waals surface area contributed by atoms with Gasteiger partial charge in [-0.1, -0.05) is 23.7 Å². The van der Waals surface area contributed by atoms with Crippen molar-refractivity contribution in [2.24, 2.45) is 5.92 Å². The van der Waals surface area contributed by atoms with Gasteiger partial charge in [-0.05, 0) is 50.8 Å². The van der Waals surface area contributed by atoms with Gasteiger partial charge in [-0.2, -0.15) is 0 Å². The Labute approximate surface area is 216 Å². The van der Waals surface area contributed by atoms with Gasteiger partial charge in [0.15, 0.2) is 5.78 Å². The second-order valence-corrected chi connectivity index (χ2v) is 10.5. The summed E-state index contributed by atoms with van der Waals surface area (Å²) in [6.07, 6.45) is 7.82. The lowest BCUT2D eigenvalue weighted by molar-refractivity contribution is -0.121. The molecule has 0 unspecified atom stereocenters. The first-order valence-electron chi connectivity index (χ1n) is 12.8. The summed E-state index contributed by atoms with van der Waals surface area (Å²) in [6, 6.07) is 7.30. The first-order chi connectivity index (χ1) is 17.5. The van der Waals surface area contributed by atoms with Crippen LogP contribution < -0.4 is 5.32 Å². The average Bonchev–Trinajstić information content (AvgIpc) is 3.32. The third kappa shape index (κ3) is 5.61. The predicted molar refractivity (Wildman–Crippen MR) is 142 cm³/mol. The molecule has 1 aliphatic heterocycles. The summed E-state index contributed by atoms with van der Waals surface area (Å²) in [7, 11) is 2.13. The van der Waals surface area contributed by atoms with Crippen LogP contribution in [0.2, 0.25) is 5.02 Å². The fraction of sp³-hybridized carbons (Fsp3) is 0.481. The summed E-state index contributed by atoms with van der Waals surface area (Å²) >= 11 is 6.29. The number of nitrogens with zero attached hydrogens (tertiary/aromatic N) is 4. The molecule has 0 bridgehead atoms. The number of piperazine rings is 1. The van der Waals surface area contributed by atoms with Crippen LogP contribution in [0.4, 0.5) is 5.82 Å². The van der Waals surface area contributed by atoms with E-state index >= 15 is 0 Å². The maximum atomic E-state index is 13.3. The van der Waals surface area contributed by atoms with Gasteiger partial charge < -0.3 is 15.2 Å². The number of likely N-dealkylation sites (N-methyl/N-ethyl adjacent to an activating group) is 1. The zero-order valence-electron chi connectivity index (χ0n) is 20.7. The number of carbonyl (C=O) groups is 2. The minimum Gasteiger partial charge on any atom is -0.367 e. The fourth-order valence-electron chi connectivity index (χ4n) is 5.39. The van der Waals surface area contributed by atoms with E-state index in [0.29, 0.717) is 57.7 Å². The van der Waals surface area contributed by atoms with E-state index in [0.717, 1.165) is 51.9 Å². The van der Waals surface area contributed by atoms with Crippen LogP contribution >= 0.6 is 11.6 Å². The third-order valence-electron chi connectivity index (χ3n) is 7.53. The number of halogens is 1. The minimum atomic E-state index is -0.160. The molecule has 2 N–H and O–H groups in total. The summed E-state index contributed by atoms with van der Waals surface area (Å²) in [5, 5.41) is 4.67. The molecular formula is C27H33ClN6O2. The Morgan fingerprint density at radius 2 is 1.81 bits per heavy atom. The molecule has 1 saturated heterocycles. The molecule has 8 nitrogen and oxygen atoms in total. The summed E-state index contributed by atoms with van der Waals surface area (Å²) in [5.41, 5.74) is 1.58. The first kappa shape index (κ1) is 24.9. The average molecular weight is 509 g/mol. The van der Waals surface area contributed by atoms with E-state index in [1.54, 1.807) is 30.5 Å².